The molecule has 26 heavy (non-hydrogen) atoms. The van der Waals surface area contributed by atoms with E-state index in [1.165, 1.54) is 5.56 Å². The number of halogens is 1. The second kappa shape index (κ2) is 11.2. The molecule has 0 aliphatic carbocycles. The van der Waals surface area contributed by atoms with E-state index in [0.29, 0.717) is 24.7 Å². The van der Waals surface area contributed by atoms with Crippen molar-refractivity contribution in [3.05, 3.63) is 65.2 Å². The summed E-state index contributed by atoms with van der Waals surface area (Å²) in [6.07, 6.45) is 0.539. The van der Waals surface area contributed by atoms with Crippen molar-refractivity contribution in [1.82, 2.24) is 9.80 Å². The molecule has 0 spiro atoms. The van der Waals surface area contributed by atoms with Gasteiger partial charge in [0.1, 0.15) is 5.75 Å². The largest absolute Gasteiger partial charge is 0.494 e. The van der Waals surface area contributed by atoms with Crippen LogP contribution in [0.15, 0.2) is 54.6 Å². The van der Waals surface area contributed by atoms with Crippen LogP contribution in [0.3, 0.4) is 0 Å². The van der Waals surface area contributed by atoms with E-state index in [-0.39, 0.29) is 6.10 Å². The molecule has 2 aromatic carbocycles. The van der Waals surface area contributed by atoms with Crippen molar-refractivity contribution in [1.29, 1.82) is 0 Å². The molecule has 1 N–H and O–H groups in total. The summed E-state index contributed by atoms with van der Waals surface area (Å²) >= 11 is 5.85. The highest BCUT2D eigenvalue weighted by molar-refractivity contribution is 6.30. The predicted molar refractivity (Wildman–Crippen MR) is 108 cm³/mol. The molecule has 0 bridgehead atoms. The number of aliphatic hydroxyl groups excluding tert-OH is 1. The average Bonchev–Trinajstić information content (AvgIpc) is 2.61. The molecule has 0 saturated heterocycles. The van der Waals surface area contributed by atoms with E-state index in [0.717, 1.165) is 25.3 Å². The monoisotopic (exact) mass is 376 g/mol. The summed E-state index contributed by atoms with van der Waals surface area (Å²) in [6.45, 7) is 3.68. The number of nitrogens with zero attached hydrogens (tertiary/aromatic N) is 2. The van der Waals surface area contributed by atoms with Crippen molar-refractivity contribution in [2.45, 2.75) is 19.1 Å². The Morgan fingerprint density at radius 3 is 2.31 bits per heavy atom. The topological polar surface area (TPSA) is 35.9 Å². The molecule has 0 aliphatic heterocycles. The summed E-state index contributed by atoms with van der Waals surface area (Å²) in [6, 6.07) is 17.7. The fraction of sp³-hybridized carbons (Fsp3) is 0.429. The first-order chi connectivity index (χ1) is 12.5. The highest BCUT2D eigenvalue weighted by Crippen LogP contribution is 2.15. The quantitative estimate of drug-likeness (QED) is 0.608. The van der Waals surface area contributed by atoms with E-state index < -0.39 is 0 Å². The third-order valence-electron chi connectivity index (χ3n) is 4.11. The van der Waals surface area contributed by atoms with Gasteiger partial charge in [0.05, 0.1) is 12.7 Å². The fourth-order valence-electron chi connectivity index (χ4n) is 2.88. The lowest BCUT2D eigenvalue weighted by Crippen LogP contribution is -2.37. The molecule has 1 atom stereocenters. The average molecular weight is 377 g/mol. The first-order valence-electron chi connectivity index (χ1n) is 9.00. The molecule has 0 aromatic heterocycles. The van der Waals surface area contributed by atoms with Gasteiger partial charge in [0.15, 0.2) is 0 Å². The normalized spacial score (nSPS) is 12.5. The molecule has 5 heteroatoms. The van der Waals surface area contributed by atoms with Crippen LogP contribution < -0.4 is 4.74 Å². The third-order valence-corrected chi connectivity index (χ3v) is 4.36. The van der Waals surface area contributed by atoms with Gasteiger partial charge in [-0.15, -0.1) is 0 Å². The van der Waals surface area contributed by atoms with Crippen molar-refractivity contribution >= 4 is 11.6 Å². The zero-order valence-electron chi connectivity index (χ0n) is 15.6. The molecule has 142 valence electrons. The van der Waals surface area contributed by atoms with Crippen molar-refractivity contribution < 1.29 is 9.84 Å². The maximum absolute atomic E-state index is 10.3. The minimum atomic E-state index is -0.370. The molecule has 0 fully saturated rings. The first kappa shape index (κ1) is 20.7. The van der Waals surface area contributed by atoms with Crippen molar-refractivity contribution in [2.24, 2.45) is 0 Å². The molecular formula is C21H29ClN2O2. The highest BCUT2D eigenvalue weighted by atomic mass is 35.5. The summed E-state index contributed by atoms with van der Waals surface area (Å²) in [5, 5.41) is 11.0. The van der Waals surface area contributed by atoms with Gasteiger partial charge >= 0.3 is 0 Å². The maximum Gasteiger partial charge on any atom is 0.119 e. The van der Waals surface area contributed by atoms with Gasteiger partial charge in [-0.05, 0) is 50.3 Å². The van der Waals surface area contributed by atoms with Crippen LogP contribution in [0.4, 0.5) is 0 Å². The second-order valence-corrected chi connectivity index (χ2v) is 7.19. The van der Waals surface area contributed by atoms with Gasteiger partial charge in [0.25, 0.3) is 0 Å². The van der Waals surface area contributed by atoms with E-state index in [4.69, 9.17) is 16.3 Å². The van der Waals surface area contributed by atoms with Gasteiger partial charge in [-0.2, -0.15) is 0 Å². The van der Waals surface area contributed by atoms with E-state index in [9.17, 15) is 5.11 Å². The van der Waals surface area contributed by atoms with Crippen LogP contribution in [-0.4, -0.2) is 61.3 Å². The molecule has 2 aromatic rings. The van der Waals surface area contributed by atoms with Gasteiger partial charge in [0, 0.05) is 31.2 Å². The Kier molecular flexibility index (Phi) is 8.92. The summed E-state index contributed by atoms with van der Waals surface area (Å²) in [7, 11) is 4.07. The van der Waals surface area contributed by atoms with Gasteiger partial charge < -0.3 is 14.7 Å². The van der Waals surface area contributed by atoms with Crippen LogP contribution in [0.2, 0.25) is 5.02 Å². The Morgan fingerprint density at radius 1 is 0.962 bits per heavy atom. The van der Waals surface area contributed by atoms with E-state index in [1.54, 1.807) is 0 Å². The van der Waals surface area contributed by atoms with Crippen LogP contribution in [0.25, 0.3) is 0 Å². The Hall–Kier alpha value is -1.59. The Balaban J connectivity index is 1.59. The predicted octanol–water partition coefficient (Wildman–Crippen LogP) is 3.53. The number of benzene rings is 2. The van der Waals surface area contributed by atoms with Gasteiger partial charge in [-0.1, -0.05) is 41.9 Å². The van der Waals surface area contributed by atoms with Crippen molar-refractivity contribution in [3.63, 3.8) is 0 Å². The Labute approximate surface area is 162 Å². The molecule has 2 rings (SSSR count). The standard InChI is InChI=1S/C21H29ClN2O2/c1-23(13-6-14-26-21-11-9-19(22)10-12-21)16-20(25)17-24(2)15-18-7-4-3-5-8-18/h3-5,7-12,20,25H,6,13-17H2,1-2H3. The fourth-order valence-corrected chi connectivity index (χ4v) is 3.01. The van der Waals surface area contributed by atoms with Crippen LogP contribution in [-0.2, 0) is 6.54 Å². The molecule has 0 saturated carbocycles. The minimum Gasteiger partial charge on any atom is -0.494 e. The highest BCUT2D eigenvalue weighted by Gasteiger charge is 2.11. The van der Waals surface area contributed by atoms with E-state index >= 15 is 0 Å². The molecule has 0 heterocycles. The Bertz CT molecular complexity index is 622. The van der Waals surface area contributed by atoms with Crippen LogP contribution in [0.5, 0.6) is 5.75 Å². The number of aliphatic hydroxyl groups is 1. The van der Waals surface area contributed by atoms with Crippen LogP contribution in [0.1, 0.15) is 12.0 Å². The summed E-state index contributed by atoms with van der Waals surface area (Å²) in [5.74, 6) is 0.833. The molecule has 0 radical (unpaired) electrons. The molecule has 0 aliphatic rings. The van der Waals surface area contributed by atoms with Crippen molar-refractivity contribution in [2.75, 3.05) is 40.3 Å². The Morgan fingerprint density at radius 2 is 1.62 bits per heavy atom. The first-order valence-corrected chi connectivity index (χ1v) is 9.38. The number of hydrogen-bond donors (Lipinski definition) is 1. The number of likely N-dealkylation sites (N-methyl/N-ethyl adjacent to an activating group) is 2. The SMILES string of the molecule is CN(CCCOc1ccc(Cl)cc1)CC(O)CN(C)Cc1ccccc1. The molecule has 4 nitrogen and oxygen atoms in total. The maximum atomic E-state index is 10.3. The third kappa shape index (κ3) is 8.19. The molecule has 0 amide bonds. The zero-order valence-corrected chi connectivity index (χ0v) is 16.4. The second-order valence-electron chi connectivity index (χ2n) is 6.75. The lowest BCUT2D eigenvalue weighted by atomic mass is 10.2. The zero-order chi connectivity index (χ0) is 18.8. The van der Waals surface area contributed by atoms with Gasteiger partial charge in [-0.25, -0.2) is 0 Å². The number of ether oxygens (including phenoxy) is 1. The summed E-state index contributed by atoms with van der Waals surface area (Å²) in [5.41, 5.74) is 1.26. The van der Waals surface area contributed by atoms with E-state index in [2.05, 4.69) is 21.9 Å². The number of hydrogen-bond acceptors (Lipinski definition) is 4. The lowest BCUT2D eigenvalue weighted by Gasteiger charge is -2.24. The summed E-state index contributed by atoms with van der Waals surface area (Å²) in [4.78, 5) is 4.30. The smallest absolute Gasteiger partial charge is 0.119 e. The van der Waals surface area contributed by atoms with Gasteiger partial charge in [-0.3, -0.25) is 4.90 Å². The van der Waals surface area contributed by atoms with Crippen LogP contribution in [0, 0.1) is 0 Å². The molecule has 1 unspecified atom stereocenters. The van der Waals surface area contributed by atoms with Crippen molar-refractivity contribution in [3.8, 4) is 5.75 Å². The minimum absolute atomic E-state index is 0.370. The van der Waals surface area contributed by atoms with Crippen LogP contribution >= 0.6 is 11.6 Å². The number of rotatable bonds is 11. The molecular weight excluding hydrogens is 348 g/mol. The van der Waals surface area contributed by atoms with Gasteiger partial charge in [0.2, 0.25) is 0 Å². The van der Waals surface area contributed by atoms with E-state index in [1.807, 2.05) is 56.6 Å². The lowest BCUT2D eigenvalue weighted by molar-refractivity contribution is 0.0870. The summed E-state index contributed by atoms with van der Waals surface area (Å²) < 4.78 is 5.69.